The van der Waals surface area contributed by atoms with Gasteiger partial charge in [-0.25, -0.2) is 0 Å². The molecule has 0 aromatic carbocycles. The highest BCUT2D eigenvalue weighted by molar-refractivity contribution is 6.20. The van der Waals surface area contributed by atoms with E-state index in [0.29, 0.717) is 17.7 Å². The molecule has 1 amide bonds. The lowest BCUT2D eigenvalue weighted by Crippen LogP contribution is -2.47. The Balaban J connectivity index is 1.57. The summed E-state index contributed by atoms with van der Waals surface area (Å²) in [5, 5.41) is 0.258. The molecule has 0 aromatic heterocycles. The van der Waals surface area contributed by atoms with E-state index >= 15 is 0 Å². The highest BCUT2D eigenvalue weighted by Gasteiger charge is 2.37. The molecule has 0 N–H and O–H groups in total. The monoisotopic (exact) mass is 297 g/mol. The fourth-order valence-electron chi connectivity index (χ4n) is 4.67. The summed E-state index contributed by atoms with van der Waals surface area (Å²) in [4.78, 5) is 14.9. The second-order valence-electron chi connectivity index (χ2n) is 7.38. The van der Waals surface area contributed by atoms with Crippen LogP contribution >= 0.6 is 11.6 Å². The van der Waals surface area contributed by atoms with Crippen LogP contribution in [0.1, 0.15) is 58.3 Å². The number of hydrogen-bond donors (Lipinski definition) is 0. The molecule has 5 atom stereocenters. The quantitative estimate of drug-likeness (QED) is 0.668. The summed E-state index contributed by atoms with van der Waals surface area (Å²) in [6.07, 6.45) is 10.1. The van der Waals surface area contributed by atoms with Gasteiger partial charge in [0, 0.05) is 24.4 Å². The predicted octanol–water partition coefficient (Wildman–Crippen LogP) is 4.07. The van der Waals surface area contributed by atoms with Crippen LogP contribution < -0.4 is 0 Å². The first kappa shape index (κ1) is 14.7. The predicted molar refractivity (Wildman–Crippen MR) is 82.8 cm³/mol. The maximum atomic E-state index is 12.8. The SMILES string of the molecule is CC1CN(C(=O)C2CCC3CCCCC3C2)CCC1Cl. The van der Waals surface area contributed by atoms with Crippen molar-refractivity contribution in [3.63, 3.8) is 0 Å². The lowest BCUT2D eigenvalue weighted by molar-refractivity contribution is -0.139. The topological polar surface area (TPSA) is 20.3 Å². The van der Waals surface area contributed by atoms with Crippen molar-refractivity contribution in [3.8, 4) is 0 Å². The zero-order valence-corrected chi connectivity index (χ0v) is 13.4. The molecule has 1 saturated heterocycles. The number of rotatable bonds is 1. The Kier molecular flexibility index (Phi) is 4.59. The van der Waals surface area contributed by atoms with Gasteiger partial charge in [0.25, 0.3) is 0 Å². The van der Waals surface area contributed by atoms with Crippen molar-refractivity contribution in [2.45, 2.75) is 63.7 Å². The standard InChI is InChI=1S/C17H28ClNO/c1-12-11-19(9-8-16(12)18)17(20)15-7-6-13-4-2-3-5-14(13)10-15/h12-16H,2-11H2,1H3. The number of halogens is 1. The van der Waals surface area contributed by atoms with E-state index in [1.165, 1.54) is 38.5 Å². The summed E-state index contributed by atoms with van der Waals surface area (Å²) < 4.78 is 0. The van der Waals surface area contributed by atoms with E-state index in [-0.39, 0.29) is 5.38 Å². The molecule has 5 unspecified atom stereocenters. The highest BCUT2D eigenvalue weighted by atomic mass is 35.5. The maximum absolute atomic E-state index is 12.8. The Morgan fingerprint density at radius 2 is 1.80 bits per heavy atom. The van der Waals surface area contributed by atoms with E-state index in [1.807, 2.05) is 0 Å². The van der Waals surface area contributed by atoms with E-state index < -0.39 is 0 Å². The van der Waals surface area contributed by atoms with Gasteiger partial charge < -0.3 is 4.90 Å². The van der Waals surface area contributed by atoms with Crippen molar-refractivity contribution in [2.75, 3.05) is 13.1 Å². The van der Waals surface area contributed by atoms with Crippen molar-refractivity contribution >= 4 is 17.5 Å². The summed E-state index contributed by atoms with van der Waals surface area (Å²) in [5.41, 5.74) is 0. The molecule has 3 aliphatic rings. The minimum Gasteiger partial charge on any atom is -0.342 e. The van der Waals surface area contributed by atoms with Crippen LogP contribution in [0.3, 0.4) is 0 Å². The molecular formula is C17H28ClNO. The first-order valence-corrected chi connectivity index (χ1v) is 9.01. The molecule has 20 heavy (non-hydrogen) atoms. The largest absolute Gasteiger partial charge is 0.342 e. The number of fused-ring (bicyclic) bond motifs is 1. The van der Waals surface area contributed by atoms with Crippen LogP contribution in [-0.2, 0) is 4.79 Å². The molecular weight excluding hydrogens is 270 g/mol. The number of carbonyl (C=O) groups is 1. The summed E-state index contributed by atoms with van der Waals surface area (Å²) in [6.45, 7) is 3.93. The first-order chi connectivity index (χ1) is 9.65. The second kappa shape index (κ2) is 6.25. The minimum atomic E-state index is 0.258. The molecule has 0 radical (unpaired) electrons. The number of alkyl halides is 1. The van der Waals surface area contributed by atoms with E-state index in [2.05, 4.69) is 11.8 Å². The lowest BCUT2D eigenvalue weighted by atomic mass is 9.67. The third-order valence-corrected chi connectivity index (χ3v) is 6.65. The molecule has 3 rings (SSSR count). The molecule has 2 aliphatic carbocycles. The first-order valence-electron chi connectivity index (χ1n) is 8.58. The number of hydrogen-bond acceptors (Lipinski definition) is 1. The Morgan fingerprint density at radius 1 is 1.05 bits per heavy atom. The number of nitrogens with zero attached hydrogens (tertiary/aromatic N) is 1. The van der Waals surface area contributed by atoms with Crippen LogP contribution in [0.25, 0.3) is 0 Å². The summed E-state index contributed by atoms with van der Waals surface area (Å²) in [5.74, 6) is 2.97. The van der Waals surface area contributed by atoms with Crippen LogP contribution in [0.5, 0.6) is 0 Å². The third kappa shape index (κ3) is 3.00. The number of piperidine rings is 1. The zero-order valence-electron chi connectivity index (χ0n) is 12.7. The van der Waals surface area contributed by atoms with Crippen molar-refractivity contribution in [2.24, 2.45) is 23.7 Å². The van der Waals surface area contributed by atoms with Crippen molar-refractivity contribution in [3.05, 3.63) is 0 Å². The van der Waals surface area contributed by atoms with Gasteiger partial charge in [-0.15, -0.1) is 11.6 Å². The normalized spacial score (nSPS) is 42.1. The van der Waals surface area contributed by atoms with E-state index in [4.69, 9.17) is 11.6 Å². The van der Waals surface area contributed by atoms with Crippen molar-refractivity contribution in [1.29, 1.82) is 0 Å². The smallest absolute Gasteiger partial charge is 0.225 e. The average molecular weight is 298 g/mol. The van der Waals surface area contributed by atoms with Gasteiger partial charge in [-0.3, -0.25) is 4.79 Å². The highest BCUT2D eigenvalue weighted by Crippen LogP contribution is 2.43. The van der Waals surface area contributed by atoms with Gasteiger partial charge >= 0.3 is 0 Å². The van der Waals surface area contributed by atoms with Gasteiger partial charge in [0.05, 0.1) is 0 Å². The summed E-state index contributed by atoms with van der Waals surface area (Å²) in [6, 6.07) is 0. The van der Waals surface area contributed by atoms with Gasteiger partial charge in [-0.2, -0.15) is 0 Å². The summed E-state index contributed by atoms with van der Waals surface area (Å²) >= 11 is 6.28. The van der Waals surface area contributed by atoms with Gasteiger partial charge in [-0.1, -0.05) is 32.6 Å². The zero-order chi connectivity index (χ0) is 14.1. The van der Waals surface area contributed by atoms with Gasteiger partial charge in [0.1, 0.15) is 0 Å². The van der Waals surface area contributed by atoms with Crippen LogP contribution in [-0.4, -0.2) is 29.3 Å². The van der Waals surface area contributed by atoms with Crippen LogP contribution in [0.2, 0.25) is 0 Å². The molecule has 3 heteroatoms. The van der Waals surface area contributed by atoms with Gasteiger partial charge in [0.2, 0.25) is 5.91 Å². The van der Waals surface area contributed by atoms with Crippen molar-refractivity contribution in [1.82, 2.24) is 4.90 Å². The van der Waals surface area contributed by atoms with Crippen LogP contribution in [0.4, 0.5) is 0 Å². The van der Waals surface area contributed by atoms with Crippen LogP contribution in [0, 0.1) is 23.7 Å². The fourth-order valence-corrected chi connectivity index (χ4v) is 4.85. The molecule has 2 saturated carbocycles. The third-order valence-electron chi connectivity index (χ3n) is 6.00. The minimum absolute atomic E-state index is 0.258. The van der Waals surface area contributed by atoms with E-state index in [9.17, 15) is 4.79 Å². The Bertz CT molecular complexity index is 359. The van der Waals surface area contributed by atoms with E-state index in [1.54, 1.807) is 0 Å². The number of carbonyl (C=O) groups excluding carboxylic acids is 1. The van der Waals surface area contributed by atoms with Gasteiger partial charge in [-0.05, 0) is 43.4 Å². The molecule has 1 aliphatic heterocycles. The van der Waals surface area contributed by atoms with Crippen LogP contribution in [0.15, 0.2) is 0 Å². The molecule has 1 heterocycles. The number of likely N-dealkylation sites (tertiary alicyclic amines) is 1. The van der Waals surface area contributed by atoms with E-state index in [0.717, 1.165) is 37.8 Å². The maximum Gasteiger partial charge on any atom is 0.225 e. The lowest BCUT2D eigenvalue weighted by Gasteiger charge is -2.42. The summed E-state index contributed by atoms with van der Waals surface area (Å²) in [7, 11) is 0. The van der Waals surface area contributed by atoms with Crippen molar-refractivity contribution < 1.29 is 4.79 Å². The molecule has 3 fully saturated rings. The number of amides is 1. The Morgan fingerprint density at radius 3 is 2.55 bits per heavy atom. The molecule has 114 valence electrons. The second-order valence-corrected chi connectivity index (χ2v) is 7.94. The van der Waals surface area contributed by atoms with Gasteiger partial charge in [0.15, 0.2) is 0 Å². The molecule has 0 bridgehead atoms. The fraction of sp³-hybridized carbons (Fsp3) is 0.941. The molecule has 0 spiro atoms. The molecule has 0 aromatic rings. The Labute approximate surface area is 128 Å². The average Bonchev–Trinajstić information content (AvgIpc) is 2.49. The molecule has 2 nitrogen and oxygen atoms in total. The Hall–Kier alpha value is -0.240.